The normalized spacial score (nSPS) is 12.6. The van der Waals surface area contributed by atoms with Crippen LogP contribution in [0, 0.1) is 5.92 Å². The molecule has 0 saturated heterocycles. The highest BCUT2D eigenvalue weighted by Gasteiger charge is 2.06. The van der Waals surface area contributed by atoms with Gasteiger partial charge in [0.15, 0.2) is 0 Å². The zero-order chi connectivity index (χ0) is 12.1. The van der Waals surface area contributed by atoms with Crippen molar-refractivity contribution in [3.05, 3.63) is 29.8 Å². The number of carbonyl (C=O) groups is 1. The molecule has 1 rings (SSSR count). The molecule has 0 aliphatic rings. The van der Waals surface area contributed by atoms with E-state index in [4.69, 9.17) is 5.73 Å². The number of anilines is 1. The minimum atomic E-state index is 0.00346. The van der Waals surface area contributed by atoms with Crippen LogP contribution in [0.1, 0.15) is 26.3 Å². The van der Waals surface area contributed by atoms with Gasteiger partial charge in [-0.25, -0.2) is 0 Å². The number of benzene rings is 1. The van der Waals surface area contributed by atoms with E-state index in [1.165, 1.54) is 5.56 Å². The van der Waals surface area contributed by atoms with E-state index >= 15 is 0 Å². The molecule has 1 aromatic carbocycles. The van der Waals surface area contributed by atoms with Gasteiger partial charge in [-0.05, 0) is 31.0 Å². The molecule has 1 amide bonds. The van der Waals surface area contributed by atoms with Crippen molar-refractivity contribution >= 4 is 11.6 Å². The number of carbonyl (C=O) groups excluding carboxylic acids is 1. The number of hydrogen-bond donors (Lipinski definition) is 2. The van der Waals surface area contributed by atoms with Crippen molar-refractivity contribution < 1.29 is 4.79 Å². The molecule has 1 aromatic rings. The van der Waals surface area contributed by atoms with Crippen molar-refractivity contribution in [1.82, 2.24) is 0 Å². The van der Waals surface area contributed by atoms with Gasteiger partial charge >= 0.3 is 0 Å². The van der Waals surface area contributed by atoms with Crippen LogP contribution in [-0.4, -0.2) is 11.9 Å². The molecule has 0 fully saturated rings. The summed E-state index contributed by atoms with van der Waals surface area (Å²) in [6, 6.07) is 7.99. The lowest BCUT2D eigenvalue weighted by molar-refractivity contribution is -0.118. The molecule has 88 valence electrons. The summed E-state index contributed by atoms with van der Waals surface area (Å²) in [5, 5.41) is 2.85. The first-order valence-corrected chi connectivity index (χ1v) is 5.64. The van der Waals surface area contributed by atoms with Crippen molar-refractivity contribution in [2.24, 2.45) is 11.7 Å². The highest BCUT2D eigenvalue weighted by Crippen LogP contribution is 2.11. The molecule has 0 aliphatic heterocycles. The summed E-state index contributed by atoms with van der Waals surface area (Å²) in [7, 11) is 0. The van der Waals surface area contributed by atoms with Crippen LogP contribution in [0.3, 0.4) is 0 Å². The van der Waals surface area contributed by atoms with Crippen LogP contribution in [-0.2, 0) is 11.2 Å². The highest BCUT2D eigenvalue weighted by atomic mass is 16.1. The zero-order valence-electron chi connectivity index (χ0n) is 10.2. The van der Waals surface area contributed by atoms with E-state index in [1.54, 1.807) is 0 Å². The van der Waals surface area contributed by atoms with Crippen LogP contribution in [0.25, 0.3) is 0 Å². The van der Waals surface area contributed by atoms with E-state index in [1.807, 2.05) is 45.0 Å². The van der Waals surface area contributed by atoms with E-state index in [0.29, 0.717) is 0 Å². The average Bonchev–Trinajstić information content (AvgIpc) is 2.20. The Morgan fingerprint density at radius 2 is 1.81 bits per heavy atom. The monoisotopic (exact) mass is 220 g/mol. The van der Waals surface area contributed by atoms with Crippen molar-refractivity contribution in [1.29, 1.82) is 0 Å². The molecule has 3 heteroatoms. The number of nitrogens with one attached hydrogen (secondary N) is 1. The first-order chi connectivity index (χ1) is 7.49. The molecule has 0 radical (unpaired) electrons. The van der Waals surface area contributed by atoms with E-state index < -0.39 is 0 Å². The SMILES string of the molecule is CC(N)Cc1ccc(NC(=O)C(C)C)cc1. The predicted octanol–water partition coefficient (Wildman–Crippen LogP) is 2.17. The van der Waals surface area contributed by atoms with Crippen LogP contribution >= 0.6 is 0 Å². The van der Waals surface area contributed by atoms with Gasteiger partial charge in [0, 0.05) is 17.6 Å². The average molecular weight is 220 g/mol. The predicted molar refractivity (Wildman–Crippen MR) is 67.3 cm³/mol. The lowest BCUT2D eigenvalue weighted by atomic mass is 10.1. The first kappa shape index (κ1) is 12.7. The molecule has 0 aliphatic carbocycles. The molecule has 0 aromatic heterocycles. The number of rotatable bonds is 4. The van der Waals surface area contributed by atoms with Crippen molar-refractivity contribution in [3.8, 4) is 0 Å². The summed E-state index contributed by atoms with van der Waals surface area (Å²) in [5.41, 5.74) is 7.75. The van der Waals surface area contributed by atoms with E-state index in [-0.39, 0.29) is 17.9 Å². The van der Waals surface area contributed by atoms with E-state index in [2.05, 4.69) is 5.32 Å². The molecule has 0 bridgehead atoms. The third-order valence-corrected chi connectivity index (χ3v) is 2.30. The molecular formula is C13H20N2O. The Balaban J connectivity index is 2.61. The Morgan fingerprint density at radius 3 is 2.25 bits per heavy atom. The van der Waals surface area contributed by atoms with Crippen LogP contribution in [0.5, 0.6) is 0 Å². The lowest BCUT2D eigenvalue weighted by Gasteiger charge is -2.09. The molecule has 0 heterocycles. The molecule has 1 unspecified atom stereocenters. The van der Waals surface area contributed by atoms with Crippen LogP contribution in [0.15, 0.2) is 24.3 Å². The third-order valence-electron chi connectivity index (χ3n) is 2.30. The largest absolute Gasteiger partial charge is 0.328 e. The third kappa shape index (κ3) is 4.03. The Morgan fingerprint density at radius 1 is 1.25 bits per heavy atom. The van der Waals surface area contributed by atoms with Gasteiger partial charge in [-0.15, -0.1) is 0 Å². The fourth-order valence-corrected chi connectivity index (χ4v) is 1.38. The van der Waals surface area contributed by atoms with Gasteiger partial charge in [0.2, 0.25) is 5.91 Å². The van der Waals surface area contributed by atoms with Crippen LogP contribution in [0.2, 0.25) is 0 Å². The smallest absolute Gasteiger partial charge is 0.226 e. The van der Waals surface area contributed by atoms with Gasteiger partial charge in [0.05, 0.1) is 0 Å². The quantitative estimate of drug-likeness (QED) is 0.817. The maximum atomic E-state index is 11.4. The number of nitrogens with two attached hydrogens (primary N) is 1. The Hall–Kier alpha value is -1.35. The highest BCUT2D eigenvalue weighted by molar-refractivity contribution is 5.91. The van der Waals surface area contributed by atoms with Gasteiger partial charge in [-0.1, -0.05) is 26.0 Å². The van der Waals surface area contributed by atoms with Crippen LogP contribution < -0.4 is 11.1 Å². The summed E-state index contributed by atoms with van der Waals surface area (Å²) < 4.78 is 0. The van der Waals surface area contributed by atoms with Gasteiger partial charge in [0.1, 0.15) is 0 Å². The second-order valence-electron chi connectivity index (χ2n) is 4.52. The van der Waals surface area contributed by atoms with Gasteiger partial charge < -0.3 is 11.1 Å². The Bertz CT molecular complexity index is 341. The molecule has 3 N–H and O–H groups in total. The van der Waals surface area contributed by atoms with E-state index in [0.717, 1.165) is 12.1 Å². The van der Waals surface area contributed by atoms with Crippen LogP contribution in [0.4, 0.5) is 5.69 Å². The second-order valence-corrected chi connectivity index (χ2v) is 4.52. The lowest BCUT2D eigenvalue weighted by Crippen LogP contribution is -2.18. The van der Waals surface area contributed by atoms with Crippen molar-refractivity contribution in [3.63, 3.8) is 0 Å². The fraction of sp³-hybridized carbons (Fsp3) is 0.462. The standard InChI is InChI=1S/C13H20N2O/c1-9(2)13(16)15-12-6-4-11(5-7-12)8-10(3)14/h4-7,9-10H,8,14H2,1-3H3,(H,15,16). The number of amides is 1. The van der Waals surface area contributed by atoms with Crippen molar-refractivity contribution in [2.75, 3.05) is 5.32 Å². The number of hydrogen-bond acceptors (Lipinski definition) is 2. The maximum absolute atomic E-state index is 11.4. The fourth-order valence-electron chi connectivity index (χ4n) is 1.38. The Kier molecular flexibility index (Phi) is 4.50. The summed E-state index contributed by atoms with van der Waals surface area (Å²) in [6.45, 7) is 5.73. The van der Waals surface area contributed by atoms with Gasteiger partial charge in [-0.3, -0.25) is 4.79 Å². The molecular weight excluding hydrogens is 200 g/mol. The summed E-state index contributed by atoms with van der Waals surface area (Å²) in [6.07, 6.45) is 0.860. The first-order valence-electron chi connectivity index (χ1n) is 5.64. The minimum absolute atomic E-state index is 0.00346. The Labute approximate surface area is 97.0 Å². The summed E-state index contributed by atoms with van der Waals surface area (Å²) in [4.78, 5) is 11.4. The molecule has 0 saturated carbocycles. The molecule has 1 atom stereocenters. The molecule has 16 heavy (non-hydrogen) atoms. The molecule has 3 nitrogen and oxygen atoms in total. The second kappa shape index (κ2) is 5.66. The summed E-state index contributed by atoms with van der Waals surface area (Å²) in [5.74, 6) is 0.0451. The van der Waals surface area contributed by atoms with Gasteiger partial charge in [0.25, 0.3) is 0 Å². The van der Waals surface area contributed by atoms with Crippen molar-refractivity contribution in [2.45, 2.75) is 33.2 Å². The summed E-state index contributed by atoms with van der Waals surface area (Å²) >= 11 is 0. The molecule has 0 spiro atoms. The topological polar surface area (TPSA) is 55.1 Å². The van der Waals surface area contributed by atoms with Gasteiger partial charge in [-0.2, -0.15) is 0 Å². The minimum Gasteiger partial charge on any atom is -0.328 e. The maximum Gasteiger partial charge on any atom is 0.226 e. The van der Waals surface area contributed by atoms with E-state index in [9.17, 15) is 4.79 Å². The zero-order valence-corrected chi connectivity index (χ0v) is 10.2.